The number of fused-ring (bicyclic) bond motifs is 1. The van der Waals surface area contributed by atoms with Gasteiger partial charge in [-0.05, 0) is 60.9 Å². The molecule has 0 bridgehead atoms. The van der Waals surface area contributed by atoms with E-state index >= 15 is 0 Å². The number of rotatable bonds is 6. The zero-order valence-electron chi connectivity index (χ0n) is 17.8. The Balaban J connectivity index is 0.000000383. The van der Waals surface area contributed by atoms with Crippen LogP contribution in [-0.2, 0) is 11.2 Å². The lowest BCUT2D eigenvalue weighted by atomic mass is 10.1. The Morgan fingerprint density at radius 1 is 1.09 bits per heavy atom. The summed E-state index contributed by atoms with van der Waals surface area (Å²) in [5.74, 6) is -2.76. The van der Waals surface area contributed by atoms with Crippen LogP contribution < -0.4 is 10.6 Å². The largest absolute Gasteiger partial charge is 0.490 e. The SMILES string of the molecule is Cc1cc(NCCc2c[nH]c3ccccc23)ccc1Nc1cccnc1.O=C(O)C(F)(F)F. The van der Waals surface area contributed by atoms with Crippen molar-refractivity contribution >= 4 is 33.9 Å². The molecule has 6 nitrogen and oxygen atoms in total. The number of H-pyrrole nitrogens is 1. The fourth-order valence-electron chi connectivity index (χ4n) is 3.19. The summed E-state index contributed by atoms with van der Waals surface area (Å²) >= 11 is 0. The van der Waals surface area contributed by atoms with Gasteiger partial charge < -0.3 is 20.7 Å². The number of carboxylic acid groups (broad SMARTS) is 1. The zero-order chi connectivity index (χ0) is 23.8. The molecule has 2 aromatic carbocycles. The molecule has 2 aromatic heterocycles. The van der Waals surface area contributed by atoms with E-state index < -0.39 is 12.1 Å². The van der Waals surface area contributed by atoms with Crippen LogP contribution in [0.2, 0.25) is 0 Å². The maximum Gasteiger partial charge on any atom is 0.490 e. The van der Waals surface area contributed by atoms with Crippen molar-refractivity contribution in [3.05, 3.63) is 84.3 Å². The molecule has 0 radical (unpaired) electrons. The number of para-hydroxylation sites is 1. The van der Waals surface area contributed by atoms with Gasteiger partial charge in [0.1, 0.15) is 0 Å². The van der Waals surface area contributed by atoms with Gasteiger partial charge in [0.2, 0.25) is 0 Å². The van der Waals surface area contributed by atoms with Crippen molar-refractivity contribution < 1.29 is 23.1 Å². The average Bonchev–Trinajstić information content (AvgIpc) is 3.19. The summed E-state index contributed by atoms with van der Waals surface area (Å²) < 4.78 is 31.7. The van der Waals surface area contributed by atoms with E-state index in [1.54, 1.807) is 6.20 Å². The van der Waals surface area contributed by atoms with Crippen molar-refractivity contribution in [2.45, 2.75) is 19.5 Å². The van der Waals surface area contributed by atoms with Crippen molar-refractivity contribution in [2.24, 2.45) is 0 Å². The summed E-state index contributed by atoms with van der Waals surface area (Å²) in [5, 5.41) is 15.4. The molecule has 9 heteroatoms. The number of halogens is 3. The molecular formula is C24H23F3N4O2. The molecule has 2 heterocycles. The van der Waals surface area contributed by atoms with E-state index in [0.717, 1.165) is 30.0 Å². The summed E-state index contributed by atoms with van der Waals surface area (Å²) in [5.41, 5.74) is 6.98. The van der Waals surface area contributed by atoms with Crippen LogP contribution >= 0.6 is 0 Å². The molecule has 0 amide bonds. The summed E-state index contributed by atoms with van der Waals surface area (Å²) in [7, 11) is 0. The van der Waals surface area contributed by atoms with Crippen LogP contribution in [0, 0.1) is 6.92 Å². The molecule has 0 saturated heterocycles. The first-order valence-electron chi connectivity index (χ1n) is 10.1. The predicted molar refractivity (Wildman–Crippen MR) is 123 cm³/mol. The number of aliphatic carboxylic acids is 1. The third kappa shape index (κ3) is 6.73. The highest BCUT2D eigenvalue weighted by molar-refractivity contribution is 5.83. The van der Waals surface area contributed by atoms with Crippen molar-refractivity contribution in [2.75, 3.05) is 17.2 Å². The zero-order valence-corrected chi connectivity index (χ0v) is 17.8. The number of aromatic nitrogens is 2. The fraction of sp³-hybridized carbons (Fsp3) is 0.167. The van der Waals surface area contributed by atoms with Gasteiger partial charge in [0.05, 0.1) is 11.9 Å². The van der Waals surface area contributed by atoms with Crippen LogP contribution in [0.5, 0.6) is 0 Å². The lowest BCUT2D eigenvalue weighted by Gasteiger charge is -2.12. The van der Waals surface area contributed by atoms with Gasteiger partial charge in [0.15, 0.2) is 0 Å². The number of aryl methyl sites for hydroxylation is 1. The molecule has 4 rings (SSSR count). The normalized spacial score (nSPS) is 10.9. The molecule has 0 spiro atoms. The average molecular weight is 456 g/mol. The van der Waals surface area contributed by atoms with E-state index in [1.807, 2.05) is 18.3 Å². The van der Waals surface area contributed by atoms with E-state index in [9.17, 15) is 13.2 Å². The van der Waals surface area contributed by atoms with Crippen LogP contribution in [0.1, 0.15) is 11.1 Å². The minimum absolute atomic E-state index is 0.899. The lowest BCUT2D eigenvalue weighted by molar-refractivity contribution is -0.192. The van der Waals surface area contributed by atoms with Crippen LogP contribution in [0.25, 0.3) is 10.9 Å². The molecule has 0 aliphatic rings. The number of hydrogen-bond acceptors (Lipinski definition) is 4. The van der Waals surface area contributed by atoms with E-state index in [-0.39, 0.29) is 0 Å². The molecule has 0 saturated carbocycles. The molecule has 33 heavy (non-hydrogen) atoms. The second-order valence-corrected chi connectivity index (χ2v) is 7.24. The number of nitrogens with one attached hydrogen (secondary N) is 3. The lowest BCUT2D eigenvalue weighted by Crippen LogP contribution is -2.21. The number of nitrogens with zero attached hydrogens (tertiary/aromatic N) is 1. The number of carbonyl (C=O) groups is 1. The smallest absolute Gasteiger partial charge is 0.475 e. The molecule has 4 aromatic rings. The van der Waals surface area contributed by atoms with Crippen molar-refractivity contribution in [3.63, 3.8) is 0 Å². The third-order valence-electron chi connectivity index (χ3n) is 4.81. The van der Waals surface area contributed by atoms with Gasteiger partial charge in [0.25, 0.3) is 0 Å². The summed E-state index contributed by atoms with van der Waals surface area (Å²) in [4.78, 5) is 16.4. The standard InChI is InChI=1S/C22H22N4.C2HF3O2/c1-16-13-18(8-9-21(16)26-19-5-4-11-23-15-19)24-12-10-17-14-25-22-7-3-2-6-20(17)22;3-2(4,5)1(6)7/h2-9,11,13-15,24-26H,10,12H2,1H3;(H,6,7). The molecule has 4 N–H and O–H groups in total. The molecule has 0 unspecified atom stereocenters. The maximum atomic E-state index is 10.6. The Hall–Kier alpha value is -4.01. The third-order valence-corrected chi connectivity index (χ3v) is 4.81. The molecule has 0 fully saturated rings. The second-order valence-electron chi connectivity index (χ2n) is 7.24. The molecular weight excluding hydrogens is 433 g/mol. The highest BCUT2D eigenvalue weighted by atomic mass is 19.4. The van der Waals surface area contributed by atoms with E-state index in [0.29, 0.717) is 0 Å². The van der Waals surface area contributed by atoms with Crippen LogP contribution in [0.15, 0.2) is 73.2 Å². The van der Waals surface area contributed by atoms with E-state index in [1.165, 1.54) is 22.0 Å². The Bertz CT molecular complexity index is 1210. The first kappa shape index (κ1) is 23.6. The molecule has 172 valence electrons. The molecule has 0 aliphatic carbocycles. The van der Waals surface area contributed by atoms with Gasteiger partial charge in [-0.25, -0.2) is 4.79 Å². The van der Waals surface area contributed by atoms with E-state index in [4.69, 9.17) is 9.90 Å². The second kappa shape index (κ2) is 10.5. The minimum atomic E-state index is -5.08. The van der Waals surface area contributed by atoms with Crippen LogP contribution in [-0.4, -0.2) is 33.8 Å². The topological polar surface area (TPSA) is 90.0 Å². The van der Waals surface area contributed by atoms with Gasteiger partial charge in [-0.3, -0.25) is 4.98 Å². The van der Waals surface area contributed by atoms with Gasteiger partial charge in [0, 0.05) is 41.2 Å². The maximum absolute atomic E-state index is 10.6. The predicted octanol–water partition coefficient (Wildman–Crippen LogP) is 5.90. The first-order valence-corrected chi connectivity index (χ1v) is 10.1. The number of anilines is 3. The van der Waals surface area contributed by atoms with Gasteiger partial charge in [-0.2, -0.15) is 13.2 Å². The van der Waals surface area contributed by atoms with Crippen LogP contribution in [0.3, 0.4) is 0 Å². The van der Waals surface area contributed by atoms with Gasteiger partial charge >= 0.3 is 12.1 Å². The molecule has 0 atom stereocenters. The van der Waals surface area contributed by atoms with Crippen LogP contribution in [0.4, 0.5) is 30.2 Å². The highest BCUT2D eigenvalue weighted by Gasteiger charge is 2.38. The summed E-state index contributed by atoms with van der Waals surface area (Å²) in [6.45, 7) is 3.01. The highest BCUT2D eigenvalue weighted by Crippen LogP contribution is 2.24. The van der Waals surface area contributed by atoms with Gasteiger partial charge in [-0.1, -0.05) is 18.2 Å². The number of aromatic amines is 1. The first-order chi connectivity index (χ1) is 15.7. The number of hydrogen-bond donors (Lipinski definition) is 4. The number of alkyl halides is 3. The number of benzene rings is 2. The van der Waals surface area contributed by atoms with E-state index in [2.05, 4.69) is 76.2 Å². The van der Waals surface area contributed by atoms with Crippen molar-refractivity contribution in [1.82, 2.24) is 9.97 Å². The number of carboxylic acids is 1. The monoisotopic (exact) mass is 456 g/mol. The van der Waals surface area contributed by atoms with Crippen molar-refractivity contribution in [1.29, 1.82) is 0 Å². The summed E-state index contributed by atoms with van der Waals surface area (Å²) in [6.07, 6.45) is 1.61. The Kier molecular flexibility index (Phi) is 7.55. The molecule has 0 aliphatic heterocycles. The Morgan fingerprint density at radius 3 is 2.52 bits per heavy atom. The fourth-order valence-corrected chi connectivity index (χ4v) is 3.19. The summed E-state index contributed by atoms with van der Waals surface area (Å²) in [6, 6.07) is 18.8. The van der Waals surface area contributed by atoms with Crippen molar-refractivity contribution in [3.8, 4) is 0 Å². The van der Waals surface area contributed by atoms with Gasteiger partial charge in [-0.15, -0.1) is 0 Å². The Morgan fingerprint density at radius 2 is 1.85 bits per heavy atom. The number of pyridine rings is 1. The quantitative estimate of drug-likeness (QED) is 0.290. The minimum Gasteiger partial charge on any atom is -0.475 e. The Labute approximate surface area is 188 Å².